The number of hydrogen-bond donors (Lipinski definition) is 1. The van der Waals surface area contributed by atoms with Crippen molar-refractivity contribution < 1.29 is 14.3 Å². The molecule has 124 valence electrons. The molecule has 0 aromatic carbocycles. The van der Waals surface area contributed by atoms with Crippen molar-refractivity contribution in [3.63, 3.8) is 0 Å². The van der Waals surface area contributed by atoms with E-state index in [4.69, 9.17) is 4.74 Å². The Morgan fingerprint density at radius 3 is 2.61 bits per heavy atom. The van der Waals surface area contributed by atoms with Gasteiger partial charge in [0.1, 0.15) is 11.5 Å². The number of rotatable bonds is 5. The summed E-state index contributed by atoms with van der Waals surface area (Å²) in [6.45, 7) is 8.53. The first-order chi connectivity index (χ1) is 11.2. The second-order valence-corrected chi connectivity index (χ2v) is 4.93. The molecule has 0 saturated carbocycles. The molecule has 8 heteroatoms. The maximum atomic E-state index is 11.7. The lowest BCUT2D eigenvalue weighted by molar-refractivity contribution is 0.0951. The van der Waals surface area contributed by atoms with E-state index < -0.39 is 0 Å². The minimum atomic E-state index is -0.285. The summed E-state index contributed by atoms with van der Waals surface area (Å²) in [6, 6.07) is 0. The summed E-state index contributed by atoms with van der Waals surface area (Å²) in [4.78, 5) is 35.5. The van der Waals surface area contributed by atoms with Gasteiger partial charge < -0.3 is 19.9 Å². The monoisotopic (exact) mass is 319 g/mol. The normalized spacial score (nSPS) is 14.3. The molecular weight excluding hydrogens is 298 g/mol. The summed E-state index contributed by atoms with van der Waals surface area (Å²) >= 11 is 0. The molecule has 0 bridgehead atoms. The maximum absolute atomic E-state index is 11.7. The lowest BCUT2D eigenvalue weighted by Crippen LogP contribution is -2.49. The van der Waals surface area contributed by atoms with Gasteiger partial charge in [0, 0.05) is 32.7 Å². The van der Waals surface area contributed by atoms with E-state index in [-0.39, 0.29) is 17.7 Å². The molecule has 0 radical (unpaired) electrons. The van der Waals surface area contributed by atoms with Gasteiger partial charge in [-0.15, -0.1) is 6.58 Å². The van der Waals surface area contributed by atoms with Crippen LogP contribution in [0, 0.1) is 0 Å². The average molecular weight is 319 g/mol. The van der Waals surface area contributed by atoms with Crippen molar-refractivity contribution in [2.75, 3.05) is 44.2 Å². The maximum Gasteiger partial charge on any atom is 0.409 e. The zero-order valence-corrected chi connectivity index (χ0v) is 13.2. The van der Waals surface area contributed by atoms with Crippen LogP contribution in [0.3, 0.4) is 0 Å². The fourth-order valence-corrected chi connectivity index (χ4v) is 2.19. The Morgan fingerprint density at radius 1 is 1.30 bits per heavy atom. The number of nitrogens with zero attached hydrogens (tertiary/aromatic N) is 4. The summed E-state index contributed by atoms with van der Waals surface area (Å²) in [6.07, 6.45) is 4.34. The fraction of sp³-hybridized carbons (Fsp3) is 0.467. The van der Waals surface area contributed by atoms with Gasteiger partial charge in [-0.3, -0.25) is 4.79 Å². The molecule has 1 aliphatic rings. The van der Waals surface area contributed by atoms with E-state index in [1.165, 1.54) is 6.20 Å². The van der Waals surface area contributed by atoms with Crippen LogP contribution in [0.5, 0.6) is 0 Å². The number of carbonyl (C=O) groups is 2. The molecule has 23 heavy (non-hydrogen) atoms. The highest BCUT2D eigenvalue weighted by Crippen LogP contribution is 2.13. The van der Waals surface area contributed by atoms with Crippen molar-refractivity contribution in [1.82, 2.24) is 20.2 Å². The van der Waals surface area contributed by atoms with Crippen LogP contribution < -0.4 is 10.2 Å². The molecule has 0 atom stereocenters. The Balaban J connectivity index is 1.90. The number of anilines is 1. The summed E-state index contributed by atoms with van der Waals surface area (Å²) in [7, 11) is 0. The van der Waals surface area contributed by atoms with Crippen LogP contribution in [0.4, 0.5) is 10.6 Å². The summed E-state index contributed by atoms with van der Waals surface area (Å²) in [5.74, 6) is 0.407. The third-order valence-electron chi connectivity index (χ3n) is 3.41. The van der Waals surface area contributed by atoms with Crippen molar-refractivity contribution in [1.29, 1.82) is 0 Å². The molecule has 1 aromatic rings. The van der Waals surface area contributed by atoms with E-state index in [0.29, 0.717) is 45.1 Å². The van der Waals surface area contributed by atoms with Gasteiger partial charge >= 0.3 is 6.09 Å². The van der Waals surface area contributed by atoms with Gasteiger partial charge in [-0.2, -0.15) is 0 Å². The van der Waals surface area contributed by atoms with Gasteiger partial charge in [-0.05, 0) is 6.92 Å². The van der Waals surface area contributed by atoms with E-state index in [9.17, 15) is 9.59 Å². The molecule has 2 heterocycles. The fourth-order valence-electron chi connectivity index (χ4n) is 2.19. The van der Waals surface area contributed by atoms with E-state index in [2.05, 4.69) is 21.9 Å². The molecular formula is C15H21N5O3. The summed E-state index contributed by atoms with van der Waals surface area (Å²) in [5, 5.41) is 2.65. The van der Waals surface area contributed by atoms with Crippen LogP contribution >= 0.6 is 0 Å². The first-order valence-corrected chi connectivity index (χ1v) is 7.53. The number of aromatic nitrogens is 2. The first kappa shape index (κ1) is 16.7. The quantitative estimate of drug-likeness (QED) is 0.803. The molecule has 1 saturated heterocycles. The highest BCUT2D eigenvalue weighted by atomic mass is 16.6. The molecule has 0 spiro atoms. The zero-order chi connectivity index (χ0) is 16.7. The average Bonchev–Trinajstić information content (AvgIpc) is 2.60. The van der Waals surface area contributed by atoms with Crippen LogP contribution in [0.1, 0.15) is 17.4 Å². The Morgan fingerprint density at radius 2 is 2.04 bits per heavy atom. The van der Waals surface area contributed by atoms with E-state index >= 15 is 0 Å². The van der Waals surface area contributed by atoms with Crippen LogP contribution in [0.15, 0.2) is 25.0 Å². The van der Waals surface area contributed by atoms with Crippen molar-refractivity contribution in [3.05, 3.63) is 30.7 Å². The molecule has 8 nitrogen and oxygen atoms in total. The van der Waals surface area contributed by atoms with Crippen molar-refractivity contribution in [2.45, 2.75) is 6.92 Å². The molecule has 1 fully saturated rings. The Labute approximate surface area is 135 Å². The zero-order valence-electron chi connectivity index (χ0n) is 13.2. The van der Waals surface area contributed by atoms with Gasteiger partial charge in [0.2, 0.25) is 0 Å². The number of nitrogens with one attached hydrogen (secondary N) is 1. The van der Waals surface area contributed by atoms with Crippen molar-refractivity contribution in [3.8, 4) is 0 Å². The van der Waals surface area contributed by atoms with Crippen LogP contribution in [-0.2, 0) is 4.74 Å². The molecule has 2 amide bonds. The third kappa shape index (κ3) is 4.41. The third-order valence-corrected chi connectivity index (χ3v) is 3.41. The molecule has 0 aliphatic carbocycles. The largest absolute Gasteiger partial charge is 0.450 e. The lowest BCUT2D eigenvalue weighted by atomic mass is 10.3. The number of hydrogen-bond acceptors (Lipinski definition) is 6. The Hall–Kier alpha value is -2.64. The van der Waals surface area contributed by atoms with Crippen LogP contribution in [0.2, 0.25) is 0 Å². The number of amides is 2. The van der Waals surface area contributed by atoms with Gasteiger partial charge in [0.05, 0.1) is 19.0 Å². The van der Waals surface area contributed by atoms with Gasteiger partial charge in [-0.1, -0.05) is 6.08 Å². The standard InChI is InChI=1S/C15H21N5O3/c1-3-5-16-14(21)12-10-18-13(11-17-12)19-6-8-20(9-7-19)15(22)23-4-2/h3,10-11H,1,4-9H2,2H3,(H,16,21). The predicted molar refractivity (Wildman–Crippen MR) is 85.4 cm³/mol. The molecule has 1 N–H and O–H groups in total. The van der Waals surface area contributed by atoms with E-state index in [1.54, 1.807) is 24.1 Å². The molecule has 0 unspecified atom stereocenters. The van der Waals surface area contributed by atoms with Crippen LogP contribution in [0.25, 0.3) is 0 Å². The number of ether oxygens (including phenoxy) is 1. The van der Waals surface area contributed by atoms with Gasteiger partial charge in [-0.25, -0.2) is 14.8 Å². The predicted octanol–water partition coefficient (Wildman–Crippen LogP) is 0.671. The van der Waals surface area contributed by atoms with Crippen molar-refractivity contribution >= 4 is 17.8 Å². The number of piperazine rings is 1. The van der Waals surface area contributed by atoms with Gasteiger partial charge in [0.25, 0.3) is 5.91 Å². The van der Waals surface area contributed by atoms with Crippen molar-refractivity contribution in [2.24, 2.45) is 0 Å². The highest BCUT2D eigenvalue weighted by molar-refractivity contribution is 5.92. The summed E-state index contributed by atoms with van der Waals surface area (Å²) < 4.78 is 4.99. The van der Waals surface area contributed by atoms with Gasteiger partial charge in [0.15, 0.2) is 0 Å². The lowest BCUT2D eigenvalue weighted by Gasteiger charge is -2.34. The second kappa shape index (κ2) is 8.11. The van der Waals surface area contributed by atoms with E-state index in [1.807, 2.05) is 4.90 Å². The second-order valence-electron chi connectivity index (χ2n) is 4.93. The van der Waals surface area contributed by atoms with E-state index in [0.717, 1.165) is 0 Å². The molecule has 2 rings (SSSR count). The SMILES string of the molecule is C=CCNC(=O)c1cnc(N2CCN(C(=O)OCC)CC2)cn1. The van der Waals surface area contributed by atoms with Crippen LogP contribution in [-0.4, -0.2) is 66.2 Å². The summed E-state index contributed by atoms with van der Waals surface area (Å²) in [5.41, 5.74) is 0.265. The minimum absolute atomic E-state index is 0.265. The first-order valence-electron chi connectivity index (χ1n) is 7.53. The Kier molecular flexibility index (Phi) is 5.90. The smallest absolute Gasteiger partial charge is 0.409 e. The molecule has 1 aliphatic heterocycles. The highest BCUT2D eigenvalue weighted by Gasteiger charge is 2.22. The topological polar surface area (TPSA) is 87.7 Å². The molecule has 1 aromatic heterocycles. The number of carbonyl (C=O) groups excluding carboxylic acids is 2. The minimum Gasteiger partial charge on any atom is -0.450 e. The Bertz CT molecular complexity index is 553.